The number of anilines is 2. The molecule has 0 aliphatic carbocycles. The first-order valence-electron chi connectivity index (χ1n) is 26.8. The fourth-order valence-corrected chi connectivity index (χ4v) is 8.74. The average Bonchev–Trinajstić information content (AvgIpc) is 1.96. The number of hydrogen-bond acceptors (Lipinski definition) is 20. The molecule has 0 fully saturated rings. The van der Waals surface area contributed by atoms with E-state index in [1.807, 2.05) is 41.5 Å². The van der Waals surface area contributed by atoms with E-state index in [0.29, 0.717) is 0 Å². The third-order valence-corrected chi connectivity index (χ3v) is 13.4. The molecule has 0 bridgehead atoms. The number of nitrogens with zero attached hydrogens (tertiary/aromatic N) is 8. The lowest BCUT2D eigenvalue weighted by atomic mass is 9.87. The third-order valence-electron chi connectivity index (χ3n) is 10.6. The van der Waals surface area contributed by atoms with E-state index >= 15 is 0 Å². The van der Waals surface area contributed by atoms with Gasteiger partial charge in [0.1, 0.15) is 13.1 Å². The van der Waals surface area contributed by atoms with E-state index in [0.717, 1.165) is 11.1 Å². The molecule has 0 saturated carbocycles. The first-order chi connectivity index (χ1) is 39.8. The van der Waals surface area contributed by atoms with Gasteiger partial charge in [-0.1, -0.05) is 90.1 Å². The Morgan fingerprint density at radius 2 is 0.859 bits per heavy atom. The maximum atomic E-state index is 13.6. The summed E-state index contributed by atoms with van der Waals surface area (Å²) in [4.78, 5) is 33.1. The number of benzene rings is 4. The second-order valence-electron chi connectivity index (χ2n) is 18.2. The number of aliphatic hydroxyl groups excluding tert-OH is 2. The van der Waals surface area contributed by atoms with Gasteiger partial charge in [0.15, 0.2) is 46.3 Å². The van der Waals surface area contributed by atoms with Crippen molar-refractivity contribution in [3.8, 4) is 69.6 Å². The van der Waals surface area contributed by atoms with E-state index in [9.17, 15) is 27.0 Å². The molecule has 78 heavy (non-hydrogen) atoms. The Balaban J connectivity index is 0.000000244. The zero-order valence-corrected chi connectivity index (χ0v) is 44.6. The van der Waals surface area contributed by atoms with Crippen LogP contribution in [0.1, 0.15) is 62.3 Å². The summed E-state index contributed by atoms with van der Waals surface area (Å²) in [5.74, 6) is -3.68. The molecule has 24 heteroatoms. The Morgan fingerprint density at radius 1 is 0.500 bits per heavy atom. The minimum Gasteiger partial charge on any atom is -0.493 e. The van der Waals surface area contributed by atoms with E-state index in [2.05, 4.69) is 49.3 Å². The molecule has 0 unspecified atom stereocenters. The monoisotopic (exact) mass is 1110 g/mol. The standard InChI is InChI=1S/2C27H29N5O6S/c2*1-27(2,3)18-10-12-19(13-11-18)39(34,35)32-23-22(38-21-9-6-5-8-20(21)36-4)26(37-17-16-33)31-25(30-23)24-28-14-7-15-29-24/h2*5-15,33H,16-17H2,1-4H3,(H,30,31,32)/i4D3,17D2;17D2. The number of methoxy groups -OCH3 is 2. The quantitative estimate of drug-likeness (QED) is 0.0557. The molecule has 8 aromatic rings. The van der Waals surface area contributed by atoms with Crippen molar-refractivity contribution in [1.29, 1.82) is 0 Å². The van der Waals surface area contributed by atoms with E-state index in [4.69, 9.17) is 38.0 Å². The van der Waals surface area contributed by atoms with Crippen molar-refractivity contribution in [2.45, 2.75) is 62.2 Å². The van der Waals surface area contributed by atoms with Gasteiger partial charge in [-0.05, 0) is 82.6 Å². The topological polar surface area (TPSA) is 291 Å². The second-order valence-corrected chi connectivity index (χ2v) is 21.5. The molecule has 0 saturated heterocycles. The van der Waals surface area contributed by atoms with Crippen LogP contribution >= 0.6 is 0 Å². The van der Waals surface area contributed by atoms with Crippen molar-refractivity contribution in [2.75, 3.05) is 49.9 Å². The lowest BCUT2D eigenvalue weighted by Crippen LogP contribution is -2.17. The molecule has 4 aromatic heterocycles. The number of sulfonamides is 2. The molecule has 0 radical (unpaired) electrons. The van der Waals surface area contributed by atoms with Gasteiger partial charge in [-0.15, -0.1) is 0 Å². The van der Waals surface area contributed by atoms with E-state index in [1.54, 1.807) is 54.6 Å². The number of ether oxygens (including phenoxy) is 6. The molecule has 8 rings (SSSR count). The van der Waals surface area contributed by atoms with Crippen LogP contribution in [0.3, 0.4) is 0 Å². The van der Waals surface area contributed by atoms with E-state index in [-0.39, 0.29) is 72.7 Å². The number of nitrogens with one attached hydrogen (secondary N) is 2. The molecule has 0 aliphatic rings. The molecule has 4 N–H and O–H groups in total. The van der Waals surface area contributed by atoms with Gasteiger partial charge in [0.05, 0.1) is 46.7 Å². The zero-order chi connectivity index (χ0) is 62.2. The molecule has 0 aliphatic heterocycles. The summed E-state index contributed by atoms with van der Waals surface area (Å²) in [5.41, 5.74) is 1.39. The van der Waals surface area contributed by atoms with Crippen molar-refractivity contribution in [1.82, 2.24) is 39.9 Å². The average molecular weight is 1110 g/mol. The summed E-state index contributed by atoms with van der Waals surface area (Å²) >= 11 is 0. The van der Waals surface area contributed by atoms with Gasteiger partial charge in [0, 0.05) is 24.8 Å². The van der Waals surface area contributed by atoms with Crippen LogP contribution in [0, 0.1) is 0 Å². The number of hydrogen-bond donors (Lipinski definition) is 4. The highest BCUT2D eigenvalue weighted by Gasteiger charge is 2.29. The summed E-state index contributed by atoms with van der Waals surface area (Å²) < 4.78 is 146. The third kappa shape index (κ3) is 14.5. The predicted octanol–water partition coefficient (Wildman–Crippen LogP) is 8.41. The van der Waals surface area contributed by atoms with Gasteiger partial charge in [0.2, 0.25) is 23.1 Å². The molecule has 4 aromatic carbocycles. The van der Waals surface area contributed by atoms with Gasteiger partial charge >= 0.3 is 0 Å². The van der Waals surface area contributed by atoms with Crippen molar-refractivity contribution in [3.05, 3.63) is 145 Å². The highest BCUT2D eigenvalue weighted by atomic mass is 32.2. The lowest BCUT2D eigenvalue weighted by molar-refractivity contribution is 0.192. The van der Waals surface area contributed by atoms with Crippen LogP contribution in [0.2, 0.25) is 0 Å². The maximum absolute atomic E-state index is 13.6. The van der Waals surface area contributed by atoms with Crippen LogP contribution in [-0.2, 0) is 30.9 Å². The predicted molar refractivity (Wildman–Crippen MR) is 289 cm³/mol. The highest BCUT2D eigenvalue weighted by Crippen LogP contribution is 2.43. The first-order valence-corrected chi connectivity index (χ1v) is 26.3. The van der Waals surface area contributed by atoms with Gasteiger partial charge in [-0.3, -0.25) is 9.44 Å². The van der Waals surface area contributed by atoms with Crippen LogP contribution < -0.4 is 37.9 Å². The van der Waals surface area contributed by atoms with Gasteiger partial charge in [0.25, 0.3) is 31.8 Å². The Kier molecular flexibility index (Phi) is 15.4. The Labute approximate surface area is 461 Å². The molecular weight excluding hydrogens is 1040 g/mol. The molecule has 0 atom stereocenters. The smallest absolute Gasteiger partial charge is 0.263 e. The summed E-state index contributed by atoms with van der Waals surface area (Å²) in [6.07, 6.45) is 5.62. The van der Waals surface area contributed by atoms with E-state index in [1.165, 1.54) is 86.5 Å². The largest absolute Gasteiger partial charge is 0.493 e. The fourth-order valence-electron chi connectivity index (χ4n) is 6.73. The maximum Gasteiger partial charge on any atom is 0.263 e. The van der Waals surface area contributed by atoms with Crippen LogP contribution in [-0.4, -0.2) is 107 Å². The van der Waals surface area contributed by atoms with Crippen molar-refractivity contribution in [3.63, 3.8) is 0 Å². The molecule has 22 nitrogen and oxygen atoms in total. The summed E-state index contributed by atoms with van der Waals surface area (Å²) in [6.45, 7) is 4.46. The lowest BCUT2D eigenvalue weighted by Gasteiger charge is -2.20. The fraction of sp³-hybridized carbons (Fsp3) is 0.259. The number of rotatable bonds is 20. The van der Waals surface area contributed by atoms with Crippen LogP contribution in [0.15, 0.2) is 144 Å². The normalized spacial score (nSPS) is 13.5. The van der Waals surface area contributed by atoms with Gasteiger partial charge < -0.3 is 38.6 Å². The summed E-state index contributed by atoms with van der Waals surface area (Å²) in [7, 11) is -10.1. The van der Waals surface area contributed by atoms with E-state index < -0.39 is 82.6 Å². The second kappa shape index (κ2) is 25.1. The zero-order valence-electron chi connectivity index (χ0n) is 50.0. The van der Waals surface area contributed by atoms with Gasteiger partial charge in [-0.25, -0.2) is 46.7 Å². The van der Waals surface area contributed by atoms with Crippen LogP contribution in [0.5, 0.6) is 46.3 Å². The Morgan fingerprint density at radius 3 is 1.19 bits per heavy atom. The number of aromatic nitrogens is 8. The molecule has 0 amide bonds. The van der Waals surface area contributed by atoms with Crippen molar-refractivity contribution in [2.24, 2.45) is 0 Å². The SMILES string of the molecule is [2H]C([2H])(CO)Oc1nc(-c2ncccn2)nc(NS(=O)(=O)c2ccc(C(C)(C)C)cc2)c1Oc1ccccc1OC.[2H]C([2H])([2H])Oc1ccccc1Oc1c(NS(=O)(=O)c2ccc(C(C)(C)C)cc2)nc(-c2ncccn2)nc1OC([2H])([2H])CO. The Hall–Kier alpha value is -8.58. The van der Waals surface area contributed by atoms with Crippen LogP contribution in [0.4, 0.5) is 11.6 Å². The highest BCUT2D eigenvalue weighted by molar-refractivity contribution is 7.93. The van der Waals surface area contributed by atoms with Crippen molar-refractivity contribution < 1.29 is 65.1 Å². The molecule has 0 spiro atoms. The van der Waals surface area contributed by atoms with Crippen LogP contribution in [0.25, 0.3) is 23.3 Å². The molecule has 4 heterocycles. The van der Waals surface area contributed by atoms with Gasteiger partial charge in [-0.2, -0.15) is 9.97 Å². The summed E-state index contributed by atoms with van der Waals surface area (Å²) in [6, 6.07) is 27.7. The van der Waals surface area contributed by atoms with Crippen molar-refractivity contribution >= 4 is 31.7 Å². The Bertz CT molecular complexity index is 3840. The minimum absolute atomic E-state index is 0.000675. The number of para-hydroxylation sites is 4. The number of aliphatic hydroxyl groups is 2. The minimum atomic E-state index is -4.38. The molecule has 408 valence electrons. The first kappa shape index (κ1) is 47.8. The summed E-state index contributed by atoms with van der Waals surface area (Å²) in [5, 5.41) is 19.1. The molecular formula is C54H58N10O12S2.